The molecule has 0 bridgehead atoms. The van der Waals surface area contributed by atoms with Crippen molar-refractivity contribution in [2.24, 2.45) is 0 Å². The van der Waals surface area contributed by atoms with Gasteiger partial charge in [-0.25, -0.2) is 19.6 Å². The third-order valence-electron chi connectivity index (χ3n) is 3.80. The van der Waals surface area contributed by atoms with Gasteiger partial charge in [0.2, 0.25) is 0 Å². The predicted molar refractivity (Wildman–Crippen MR) is 74.6 cm³/mol. The van der Waals surface area contributed by atoms with Gasteiger partial charge in [0.1, 0.15) is 28.9 Å². The summed E-state index contributed by atoms with van der Waals surface area (Å²) in [6.07, 6.45) is 6.05. The molecule has 20 heavy (non-hydrogen) atoms. The van der Waals surface area contributed by atoms with E-state index in [1.54, 1.807) is 12.4 Å². The topological polar surface area (TPSA) is 68.5 Å². The summed E-state index contributed by atoms with van der Waals surface area (Å²) in [4.78, 5) is 13.2. The molecule has 6 nitrogen and oxygen atoms in total. The van der Waals surface area contributed by atoms with Crippen LogP contribution in [0, 0.1) is 0 Å². The van der Waals surface area contributed by atoms with Crippen molar-refractivity contribution < 1.29 is 0 Å². The minimum Gasteiger partial charge on any atom is -0.360 e. The molecule has 4 rings (SSSR count). The fraction of sp³-hybridized carbons (Fsp3) is 0.538. The number of aromatic nitrogens is 5. The van der Waals surface area contributed by atoms with Gasteiger partial charge >= 0.3 is 0 Å². The maximum atomic E-state index is 6.09. The molecule has 2 aromatic rings. The number of rotatable bonds is 3. The zero-order valence-corrected chi connectivity index (χ0v) is 11.7. The molecule has 1 fully saturated rings. The average molecular weight is 291 g/mol. The number of hydrogen-bond donors (Lipinski definition) is 1. The normalized spacial score (nSPS) is 21.6. The second-order valence-electron chi connectivity index (χ2n) is 5.39. The highest BCUT2D eigenvalue weighted by Gasteiger charge is 2.28. The maximum absolute atomic E-state index is 6.09. The summed E-state index contributed by atoms with van der Waals surface area (Å²) in [5.41, 5.74) is 0. The van der Waals surface area contributed by atoms with Crippen molar-refractivity contribution in [1.82, 2.24) is 24.7 Å². The van der Waals surface area contributed by atoms with Crippen molar-refractivity contribution in [3.8, 4) is 0 Å². The molecule has 1 unspecified atom stereocenters. The van der Waals surface area contributed by atoms with Crippen LogP contribution in [0.2, 0.25) is 5.15 Å². The van der Waals surface area contributed by atoms with Crippen molar-refractivity contribution >= 4 is 17.4 Å². The summed E-state index contributed by atoms with van der Waals surface area (Å²) >= 11 is 6.09. The highest BCUT2D eigenvalue weighted by atomic mass is 35.5. The SMILES string of the molecule is Clc1cc(NC2CCCn3ncnc32)nc(C2CC2)n1. The van der Waals surface area contributed by atoms with Crippen LogP contribution in [0.1, 0.15) is 49.3 Å². The first-order chi connectivity index (χ1) is 9.79. The van der Waals surface area contributed by atoms with Crippen LogP contribution in [0.25, 0.3) is 0 Å². The Morgan fingerprint density at radius 1 is 1.25 bits per heavy atom. The van der Waals surface area contributed by atoms with Crippen LogP contribution < -0.4 is 5.32 Å². The molecule has 0 spiro atoms. The van der Waals surface area contributed by atoms with Crippen molar-refractivity contribution in [3.05, 3.63) is 29.2 Å². The summed E-state index contributed by atoms with van der Waals surface area (Å²) in [6, 6.07) is 1.92. The molecule has 7 heteroatoms. The summed E-state index contributed by atoms with van der Waals surface area (Å²) in [7, 11) is 0. The Bertz CT molecular complexity index is 636. The minimum absolute atomic E-state index is 0.143. The minimum atomic E-state index is 0.143. The van der Waals surface area contributed by atoms with E-state index in [0.717, 1.165) is 49.7 Å². The lowest BCUT2D eigenvalue weighted by Crippen LogP contribution is -2.23. The second-order valence-corrected chi connectivity index (χ2v) is 5.78. The lowest BCUT2D eigenvalue weighted by Gasteiger charge is -2.23. The smallest absolute Gasteiger partial charge is 0.149 e. The van der Waals surface area contributed by atoms with Gasteiger partial charge in [-0.1, -0.05) is 11.6 Å². The van der Waals surface area contributed by atoms with E-state index in [2.05, 4.69) is 25.4 Å². The van der Waals surface area contributed by atoms with E-state index in [-0.39, 0.29) is 6.04 Å². The van der Waals surface area contributed by atoms with Crippen LogP contribution in [0.4, 0.5) is 5.82 Å². The van der Waals surface area contributed by atoms with Gasteiger partial charge in [-0.3, -0.25) is 0 Å². The van der Waals surface area contributed by atoms with Crippen molar-refractivity contribution in [3.63, 3.8) is 0 Å². The maximum Gasteiger partial charge on any atom is 0.149 e. The summed E-state index contributed by atoms with van der Waals surface area (Å²) < 4.78 is 1.95. The van der Waals surface area contributed by atoms with Gasteiger partial charge in [0.05, 0.1) is 6.04 Å². The standard InChI is InChI=1S/C13H15ClN6/c14-10-6-11(19-12(18-10)8-3-4-8)17-9-2-1-5-20-13(9)15-7-16-20/h6-9H,1-5H2,(H,17,18,19). The van der Waals surface area contributed by atoms with E-state index in [0.29, 0.717) is 11.1 Å². The van der Waals surface area contributed by atoms with Gasteiger partial charge in [0.25, 0.3) is 0 Å². The molecule has 1 atom stereocenters. The molecule has 0 saturated heterocycles. The van der Waals surface area contributed by atoms with Crippen LogP contribution in [-0.2, 0) is 6.54 Å². The molecule has 2 aliphatic rings. The molecule has 0 aromatic carbocycles. The molecule has 104 valence electrons. The lowest BCUT2D eigenvalue weighted by molar-refractivity contribution is 0.437. The quantitative estimate of drug-likeness (QED) is 0.880. The van der Waals surface area contributed by atoms with Gasteiger partial charge in [-0.05, 0) is 25.7 Å². The van der Waals surface area contributed by atoms with Gasteiger partial charge in [-0.15, -0.1) is 0 Å². The molecule has 0 amide bonds. The highest BCUT2D eigenvalue weighted by molar-refractivity contribution is 6.29. The molecule has 1 saturated carbocycles. The summed E-state index contributed by atoms with van der Waals surface area (Å²) in [6.45, 7) is 0.936. The molecule has 0 radical (unpaired) electrons. The third kappa shape index (κ3) is 2.24. The second kappa shape index (κ2) is 4.70. The van der Waals surface area contributed by atoms with Crippen molar-refractivity contribution in [2.45, 2.75) is 44.2 Å². The molecule has 1 aliphatic heterocycles. The van der Waals surface area contributed by atoms with Crippen molar-refractivity contribution in [2.75, 3.05) is 5.32 Å². The van der Waals surface area contributed by atoms with E-state index in [9.17, 15) is 0 Å². The van der Waals surface area contributed by atoms with E-state index >= 15 is 0 Å². The Balaban J connectivity index is 1.60. The number of fused-ring (bicyclic) bond motifs is 1. The Labute approximate surface area is 121 Å². The Hall–Kier alpha value is -1.69. The van der Waals surface area contributed by atoms with Crippen LogP contribution in [-0.4, -0.2) is 24.7 Å². The van der Waals surface area contributed by atoms with Gasteiger partial charge in [-0.2, -0.15) is 5.10 Å². The molecule has 2 aromatic heterocycles. The highest BCUT2D eigenvalue weighted by Crippen LogP contribution is 2.39. The molecular weight excluding hydrogens is 276 g/mol. The summed E-state index contributed by atoms with van der Waals surface area (Å²) in [5, 5.41) is 8.16. The molecule has 1 aliphatic carbocycles. The van der Waals surface area contributed by atoms with Gasteiger partial charge < -0.3 is 5.32 Å². The summed E-state index contributed by atoms with van der Waals surface area (Å²) in [5.74, 6) is 3.11. The Morgan fingerprint density at radius 2 is 2.15 bits per heavy atom. The largest absolute Gasteiger partial charge is 0.360 e. The fourth-order valence-electron chi connectivity index (χ4n) is 2.64. The van der Waals surface area contributed by atoms with Crippen LogP contribution in [0.5, 0.6) is 0 Å². The Kier molecular flexibility index (Phi) is 2.84. The fourth-order valence-corrected chi connectivity index (χ4v) is 2.83. The van der Waals surface area contributed by atoms with E-state index in [1.807, 2.05) is 4.68 Å². The van der Waals surface area contributed by atoms with E-state index in [1.165, 1.54) is 0 Å². The van der Waals surface area contributed by atoms with Gasteiger partial charge in [0, 0.05) is 18.5 Å². The number of aryl methyl sites for hydroxylation is 1. The van der Waals surface area contributed by atoms with Crippen molar-refractivity contribution in [1.29, 1.82) is 0 Å². The van der Waals surface area contributed by atoms with E-state index < -0.39 is 0 Å². The van der Waals surface area contributed by atoms with Crippen LogP contribution >= 0.6 is 11.6 Å². The average Bonchev–Trinajstić information content (AvgIpc) is 3.17. The lowest BCUT2D eigenvalue weighted by atomic mass is 10.1. The molecule has 3 heterocycles. The van der Waals surface area contributed by atoms with Crippen LogP contribution in [0.15, 0.2) is 12.4 Å². The number of nitrogens with one attached hydrogen (secondary N) is 1. The molecule has 1 N–H and O–H groups in total. The number of hydrogen-bond acceptors (Lipinski definition) is 5. The number of halogens is 1. The molecular formula is C13H15ClN6. The van der Waals surface area contributed by atoms with Gasteiger partial charge in [0.15, 0.2) is 0 Å². The monoisotopic (exact) mass is 290 g/mol. The number of anilines is 1. The third-order valence-corrected chi connectivity index (χ3v) is 3.99. The zero-order chi connectivity index (χ0) is 13.5. The number of nitrogens with zero attached hydrogens (tertiary/aromatic N) is 5. The Morgan fingerprint density at radius 3 is 3.00 bits per heavy atom. The zero-order valence-electron chi connectivity index (χ0n) is 11.0. The predicted octanol–water partition coefficient (Wildman–Crippen LogP) is 2.55. The van der Waals surface area contributed by atoms with Crippen LogP contribution in [0.3, 0.4) is 0 Å². The first-order valence-corrected chi connectivity index (χ1v) is 7.36. The first-order valence-electron chi connectivity index (χ1n) is 6.98. The van der Waals surface area contributed by atoms with E-state index in [4.69, 9.17) is 11.6 Å². The first kappa shape index (κ1) is 12.1.